The van der Waals surface area contributed by atoms with Crippen LogP contribution in [0.25, 0.3) is 0 Å². The molecule has 20 heavy (non-hydrogen) atoms. The molecule has 1 aliphatic heterocycles. The molecular weight excluding hydrogens is 252 g/mol. The van der Waals surface area contributed by atoms with Gasteiger partial charge < -0.3 is 14.2 Å². The predicted molar refractivity (Wildman–Crippen MR) is 79.4 cm³/mol. The minimum absolute atomic E-state index is 0.394. The third kappa shape index (κ3) is 5.61. The number of ether oxygens (including phenoxy) is 3. The highest BCUT2D eigenvalue weighted by atomic mass is 16.7. The zero-order chi connectivity index (χ0) is 14.3. The maximum Gasteiger partial charge on any atom is 0.162 e. The number of unbranched alkanes of at least 4 members (excludes halogenated alkanes) is 1. The van der Waals surface area contributed by atoms with Crippen LogP contribution in [0.2, 0.25) is 0 Å². The van der Waals surface area contributed by atoms with Crippen LogP contribution in [0.4, 0.5) is 0 Å². The summed E-state index contributed by atoms with van der Waals surface area (Å²) in [5.74, 6) is 0.145. The summed E-state index contributed by atoms with van der Waals surface area (Å²) in [5, 5.41) is 0. The van der Waals surface area contributed by atoms with Crippen molar-refractivity contribution < 1.29 is 14.2 Å². The van der Waals surface area contributed by atoms with Crippen molar-refractivity contribution in [3.05, 3.63) is 35.9 Å². The van der Waals surface area contributed by atoms with Crippen LogP contribution in [0, 0.1) is 5.92 Å². The lowest BCUT2D eigenvalue weighted by molar-refractivity contribution is -0.262. The van der Waals surface area contributed by atoms with Crippen LogP contribution in [0.5, 0.6) is 0 Å². The quantitative estimate of drug-likeness (QED) is 0.711. The van der Waals surface area contributed by atoms with Gasteiger partial charge in [0.15, 0.2) is 5.79 Å². The summed E-state index contributed by atoms with van der Waals surface area (Å²) in [5.41, 5.74) is 1.24. The van der Waals surface area contributed by atoms with Crippen LogP contribution in [-0.4, -0.2) is 25.6 Å². The van der Waals surface area contributed by atoms with Gasteiger partial charge in [0.2, 0.25) is 0 Å². The summed E-state index contributed by atoms with van der Waals surface area (Å²) in [6.07, 6.45) is 3.43. The molecule has 1 aliphatic rings. The fraction of sp³-hybridized carbons (Fsp3) is 0.647. The monoisotopic (exact) mass is 278 g/mol. The third-order valence-electron chi connectivity index (χ3n) is 3.60. The van der Waals surface area contributed by atoms with E-state index in [0.29, 0.717) is 12.5 Å². The average Bonchev–Trinajstić information content (AvgIpc) is 2.45. The number of rotatable bonds is 7. The van der Waals surface area contributed by atoms with Crippen molar-refractivity contribution in [2.45, 2.75) is 45.5 Å². The topological polar surface area (TPSA) is 27.7 Å². The van der Waals surface area contributed by atoms with E-state index in [2.05, 4.69) is 12.1 Å². The van der Waals surface area contributed by atoms with Crippen molar-refractivity contribution in [2.75, 3.05) is 19.8 Å². The Labute approximate surface area is 122 Å². The zero-order valence-electron chi connectivity index (χ0n) is 12.6. The number of hydrogen-bond acceptors (Lipinski definition) is 3. The van der Waals surface area contributed by atoms with Gasteiger partial charge >= 0.3 is 0 Å². The molecule has 0 radical (unpaired) electrons. The van der Waals surface area contributed by atoms with E-state index in [4.69, 9.17) is 14.2 Å². The Balaban J connectivity index is 1.48. The lowest BCUT2D eigenvalue weighted by Gasteiger charge is -2.35. The van der Waals surface area contributed by atoms with Crippen molar-refractivity contribution in [3.63, 3.8) is 0 Å². The maximum absolute atomic E-state index is 5.68. The Morgan fingerprint density at radius 3 is 2.50 bits per heavy atom. The van der Waals surface area contributed by atoms with Gasteiger partial charge in [0.25, 0.3) is 0 Å². The highest BCUT2D eigenvalue weighted by Crippen LogP contribution is 2.23. The Morgan fingerprint density at radius 1 is 1.10 bits per heavy atom. The number of hydrogen-bond donors (Lipinski definition) is 0. The first-order chi connectivity index (χ1) is 9.66. The van der Waals surface area contributed by atoms with Gasteiger partial charge in [-0.2, -0.15) is 0 Å². The molecule has 3 heteroatoms. The lowest BCUT2D eigenvalue weighted by atomic mass is 10.0. The smallest absolute Gasteiger partial charge is 0.162 e. The minimum atomic E-state index is -0.394. The van der Waals surface area contributed by atoms with E-state index in [9.17, 15) is 0 Å². The zero-order valence-corrected chi connectivity index (χ0v) is 12.6. The van der Waals surface area contributed by atoms with E-state index in [1.807, 2.05) is 32.0 Å². The highest BCUT2D eigenvalue weighted by Gasteiger charge is 2.27. The van der Waals surface area contributed by atoms with E-state index in [1.165, 1.54) is 12.0 Å². The molecule has 0 aliphatic carbocycles. The largest absolute Gasteiger partial charge is 0.377 e. The van der Waals surface area contributed by atoms with Gasteiger partial charge in [-0.1, -0.05) is 36.8 Å². The van der Waals surface area contributed by atoms with Crippen LogP contribution >= 0.6 is 0 Å². The molecule has 112 valence electrons. The molecule has 0 amide bonds. The normalized spacial score (nSPS) is 19.1. The summed E-state index contributed by atoms with van der Waals surface area (Å²) in [4.78, 5) is 0. The van der Waals surface area contributed by atoms with Gasteiger partial charge in [0, 0.05) is 12.5 Å². The fourth-order valence-electron chi connectivity index (χ4n) is 2.29. The number of benzene rings is 1. The maximum atomic E-state index is 5.68. The SMILES string of the molecule is CC1(C)OCC(CCCCOCc2ccccc2)CO1. The Kier molecular flexibility index (Phi) is 6.02. The van der Waals surface area contributed by atoms with Crippen molar-refractivity contribution in [3.8, 4) is 0 Å². The molecule has 0 saturated carbocycles. The van der Waals surface area contributed by atoms with Gasteiger partial charge in [0.05, 0.1) is 19.8 Å². The molecule has 0 unspecified atom stereocenters. The van der Waals surface area contributed by atoms with Gasteiger partial charge in [-0.15, -0.1) is 0 Å². The van der Waals surface area contributed by atoms with E-state index in [1.54, 1.807) is 0 Å². The van der Waals surface area contributed by atoms with Crippen LogP contribution in [0.1, 0.15) is 38.7 Å². The van der Waals surface area contributed by atoms with Gasteiger partial charge in [0.1, 0.15) is 0 Å². The molecule has 3 nitrogen and oxygen atoms in total. The van der Waals surface area contributed by atoms with Crippen molar-refractivity contribution in [2.24, 2.45) is 5.92 Å². The van der Waals surface area contributed by atoms with E-state index < -0.39 is 5.79 Å². The minimum Gasteiger partial charge on any atom is -0.377 e. The molecular formula is C17H26O3. The average molecular weight is 278 g/mol. The summed E-state index contributed by atoms with van der Waals surface area (Å²) < 4.78 is 17.0. The first-order valence-electron chi connectivity index (χ1n) is 7.55. The Bertz CT molecular complexity index is 365. The van der Waals surface area contributed by atoms with Crippen molar-refractivity contribution in [1.29, 1.82) is 0 Å². The van der Waals surface area contributed by atoms with Crippen LogP contribution in [0.3, 0.4) is 0 Å². The van der Waals surface area contributed by atoms with Crippen molar-refractivity contribution in [1.82, 2.24) is 0 Å². The summed E-state index contributed by atoms with van der Waals surface area (Å²) in [7, 11) is 0. The first-order valence-corrected chi connectivity index (χ1v) is 7.55. The van der Waals surface area contributed by atoms with E-state index >= 15 is 0 Å². The Morgan fingerprint density at radius 2 is 1.80 bits per heavy atom. The van der Waals surface area contributed by atoms with E-state index in [-0.39, 0.29) is 0 Å². The lowest BCUT2D eigenvalue weighted by Crippen LogP contribution is -2.39. The van der Waals surface area contributed by atoms with E-state index in [0.717, 1.165) is 32.7 Å². The molecule has 1 aromatic rings. The molecule has 1 heterocycles. The standard InChI is InChI=1S/C17H26O3/c1-17(2)19-13-16(14-20-17)10-6-7-11-18-12-15-8-4-3-5-9-15/h3-5,8-9,16H,6-7,10-14H2,1-2H3. The van der Waals surface area contributed by atoms with Crippen LogP contribution in [0.15, 0.2) is 30.3 Å². The van der Waals surface area contributed by atoms with Crippen LogP contribution in [-0.2, 0) is 20.8 Å². The summed E-state index contributed by atoms with van der Waals surface area (Å²) in [6.45, 7) is 7.12. The first kappa shape index (κ1) is 15.5. The molecule has 2 rings (SSSR count). The fourth-order valence-corrected chi connectivity index (χ4v) is 2.29. The van der Waals surface area contributed by atoms with Gasteiger partial charge in [-0.3, -0.25) is 0 Å². The molecule has 1 saturated heterocycles. The molecule has 0 bridgehead atoms. The molecule has 0 aromatic heterocycles. The second-order valence-corrected chi connectivity index (χ2v) is 5.92. The second kappa shape index (κ2) is 7.77. The van der Waals surface area contributed by atoms with Crippen LogP contribution < -0.4 is 0 Å². The molecule has 0 spiro atoms. The highest BCUT2D eigenvalue weighted by molar-refractivity contribution is 5.13. The summed E-state index contributed by atoms with van der Waals surface area (Å²) >= 11 is 0. The molecule has 1 fully saturated rings. The summed E-state index contributed by atoms with van der Waals surface area (Å²) in [6, 6.07) is 10.3. The Hall–Kier alpha value is -0.900. The molecule has 0 atom stereocenters. The van der Waals surface area contributed by atoms with Gasteiger partial charge in [-0.25, -0.2) is 0 Å². The predicted octanol–water partition coefficient (Wildman–Crippen LogP) is 3.77. The van der Waals surface area contributed by atoms with Gasteiger partial charge in [-0.05, 0) is 32.3 Å². The molecule has 0 N–H and O–H groups in total. The third-order valence-corrected chi connectivity index (χ3v) is 3.60. The second-order valence-electron chi connectivity index (χ2n) is 5.92. The van der Waals surface area contributed by atoms with Crippen molar-refractivity contribution >= 4 is 0 Å². The molecule has 1 aromatic carbocycles.